The van der Waals surface area contributed by atoms with Crippen LogP contribution in [0.4, 0.5) is 0 Å². The molecule has 128 valence electrons. The Bertz CT molecular complexity index is 683. The molecule has 2 atom stereocenters. The standard InChI is InChI=1S/C20H24ClNO2/c1-13(18-12-17(23-2)10-11-19(18)24-3)22-20(14-4-5-14)15-6-8-16(21)9-7-15/h6-14,20,22H,4-5H2,1-3H3. The lowest BCUT2D eigenvalue weighted by Crippen LogP contribution is -2.26. The van der Waals surface area contributed by atoms with Crippen LogP contribution in [0.25, 0.3) is 0 Å². The van der Waals surface area contributed by atoms with Gasteiger partial charge in [-0.15, -0.1) is 0 Å². The van der Waals surface area contributed by atoms with E-state index in [9.17, 15) is 0 Å². The van der Waals surface area contributed by atoms with Crippen molar-refractivity contribution in [3.05, 3.63) is 58.6 Å². The number of methoxy groups -OCH3 is 2. The van der Waals surface area contributed by atoms with Crippen molar-refractivity contribution in [2.75, 3.05) is 14.2 Å². The molecule has 0 saturated heterocycles. The smallest absolute Gasteiger partial charge is 0.123 e. The fourth-order valence-corrected chi connectivity index (χ4v) is 3.27. The van der Waals surface area contributed by atoms with Crippen molar-refractivity contribution in [1.82, 2.24) is 5.32 Å². The maximum atomic E-state index is 6.04. The summed E-state index contributed by atoms with van der Waals surface area (Å²) in [5.74, 6) is 2.40. The highest BCUT2D eigenvalue weighted by molar-refractivity contribution is 6.30. The Hall–Kier alpha value is -1.71. The molecule has 0 radical (unpaired) electrons. The van der Waals surface area contributed by atoms with E-state index < -0.39 is 0 Å². The minimum Gasteiger partial charge on any atom is -0.497 e. The van der Waals surface area contributed by atoms with E-state index in [1.165, 1.54) is 18.4 Å². The Morgan fingerprint density at radius 1 is 1.04 bits per heavy atom. The molecular formula is C20H24ClNO2. The van der Waals surface area contributed by atoms with Gasteiger partial charge < -0.3 is 14.8 Å². The van der Waals surface area contributed by atoms with E-state index in [-0.39, 0.29) is 6.04 Å². The molecule has 0 heterocycles. The van der Waals surface area contributed by atoms with Crippen LogP contribution in [0.15, 0.2) is 42.5 Å². The van der Waals surface area contributed by atoms with Gasteiger partial charge in [-0.1, -0.05) is 23.7 Å². The maximum Gasteiger partial charge on any atom is 0.123 e. The summed E-state index contributed by atoms with van der Waals surface area (Å²) >= 11 is 6.04. The van der Waals surface area contributed by atoms with Crippen molar-refractivity contribution in [2.24, 2.45) is 5.92 Å². The van der Waals surface area contributed by atoms with Crippen molar-refractivity contribution in [3.8, 4) is 11.5 Å². The average molecular weight is 346 g/mol. The first-order valence-electron chi connectivity index (χ1n) is 8.36. The minimum absolute atomic E-state index is 0.149. The summed E-state index contributed by atoms with van der Waals surface area (Å²) in [5, 5.41) is 4.55. The summed E-state index contributed by atoms with van der Waals surface area (Å²) in [7, 11) is 3.39. The Labute approximate surface area is 148 Å². The van der Waals surface area contributed by atoms with Gasteiger partial charge >= 0.3 is 0 Å². The molecule has 0 aromatic heterocycles. The van der Waals surface area contributed by atoms with Gasteiger partial charge in [0.05, 0.1) is 14.2 Å². The fourth-order valence-electron chi connectivity index (χ4n) is 3.14. The third-order valence-electron chi connectivity index (χ3n) is 4.66. The fraction of sp³-hybridized carbons (Fsp3) is 0.400. The monoisotopic (exact) mass is 345 g/mol. The molecule has 1 saturated carbocycles. The van der Waals surface area contributed by atoms with Gasteiger partial charge in [-0.25, -0.2) is 0 Å². The van der Waals surface area contributed by atoms with Gasteiger partial charge in [0.1, 0.15) is 11.5 Å². The normalized spacial score (nSPS) is 16.5. The maximum absolute atomic E-state index is 6.04. The van der Waals surface area contributed by atoms with Crippen molar-refractivity contribution >= 4 is 11.6 Å². The van der Waals surface area contributed by atoms with Crippen LogP contribution in [0.5, 0.6) is 11.5 Å². The van der Waals surface area contributed by atoms with E-state index in [2.05, 4.69) is 24.4 Å². The zero-order chi connectivity index (χ0) is 17.1. The van der Waals surface area contributed by atoms with E-state index >= 15 is 0 Å². The Kier molecular flexibility index (Phi) is 5.32. The molecule has 2 unspecified atom stereocenters. The zero-order valence-electron chi connectivity index (χ0n) is 14.4. The van der Waals surface area contributed by atoms with E-state index in [4.69, 9.17) is 21.1 Å². The molecule has 24 heavy (non-hydrogen) atoms. The Morgan fingerprint density at radius 2 is 1.75 bits per heavy atom. The molecule has 4 heteroatoms. The topological polar surface area (TPSA) is 30.5 Å². The van der Waals surface area contributed by atoms with Crippen molar-refractivity contribution in [1.29, 1.82) is 0 Å². The number of hydrogen-bond acceptors (Lipinski definition) is 3. The quantitative estimate of drug-likeness (QED) is 0.751. The second-order valence-electron chi connectivity index (χ2n) is 6.36. The Morgan fingerprint density at radius 3 is 2.33 bits per heavy atom. The van der Waals surface area contributed by atoms with Crippen molar-refractivity contribution in [3.63, 3.8) is 0 Å². The van der Waals surface area contributed by atoms with Gasteiger partial charge in [-0.05, 0) is 61.6 Å². The average Bonchev–Trinajstić information content (AvgIpc) is 3.44. The number of benzene rings is 2. The highest BCUT2D eigenvalue weighted by Crippen LogP contribution is 2.43. The van der Waals surface area contributed by atoms with Crippen molar-refractivity contribution < 1.29 is 9.47 Å². The van der Waals surface area contributed by atoms with Crippen LogP contribution in [-0.4, -0.2) is 14.2 Å². The molecule has 3 rings (SSSR count). The molecule has 1 fully saturated rings. The lowest BCUT2D eigenvalue weighted by Gasteiger charge is -2.25. The molecule has 1 N–H and O–H groups in total. The highest BCUT2D eigenvalue weighted by Gasteiger charge is 2.33. The molecule has 2 aromatic rings. The predicted molar refractivity (Wildman–Crippen MR) is 98.0 cm³/mol. The van der Waals surface area contributed by atoms with Crippen LogP contribution in [0, 0.1) is 5.92 Å². The summed E-state index contributed by atoms with van der Waals surface area (Å²) in [6.07, 6.45) is 2.53. The largest absolute Gasteiger partial charge is 0.497 e. The molecular weight excluding hydrogens is 322 g/mol. The third-order valence-corrected chi connectivity index (χ3v) is 4.91. The summed E-state index contributed by atoms with van der Waals surface area (Å²) in [6, 6.07) is 14.6. The second kappa shape index (κ2) is 7.45. The van der Waals surface area contributed by atoms with Crippen molar-refractivity contribution in [2.45, 2.75) is 31.8 Å². The van der Waals surface area contributed by atoms with Crippen LogP contribution in [0.2, 0.25) is 5.02 Å². The van der Waals surface area contributed by atoms with Crippen LogP contribution < -0.4 is 14.8 Å². The molecule has 2 aromatic carbocycles. The van der Waals surface area contributed by atoms with Gasteiger partial charge in [0.15, 0.2) is 0 Å². The van der Waals surface area contributed by atoms with Crippen LogP contribution in [-0.2, 0) is 0 Å². The number of nitrogens with one attached hydrogen (secondary N) is 1. The molecule has 0 amide bonds. The lowest BCUT2D eigenvalue weighted by molar-refractivity contribution is 0.378. The molecule has 0 aliphatic heterocycles. The van der Waals surface area contributed by atoms with E-state index in [1.54, 1.807) is 14.2 Å². The Balaban J connectivity index is 1.83. The molecule has 1 aliphatic rings. The van der Waals surface area contributed by atoms with Gasteiger partial charge in [-0.3, -0.25) is 0 Å². The second-order valence-corrected chi connectivity index (χ2v) is 6.80. The predicted octanol–water partition coefficient (Wildman–Crippen LogP) is 5.16. The minimum atomic E-state index is 0.149. The summed E-state index contributed by atoms with van der Waals surface area (Å²) in [4.78, 5) is 0. The van der Waals surface area contributed by atoms with Gasteiger partial charge in [0, 0.05) is 22.7 Å². The highest BCUT2D eigenvalue weighted by atomic mass is 35.5. The van der Waals surface area contributed by atoms with Crippen LogP contribution in [0.3, 0.4) is 0 Å². The van der Waals surface area contributed by atoms with E-state index in [1.807, 2.05) is 30.3 Å². The van der Waals surface area contributed by atoms with Gasteiger partial charge in [0.2, 0.25) is 0 Å². The lowest BCUT2D eigenvalue weighted by atomic mass is 9.99. The zero-order valence-corrected chi connectivity index (χ0v) is 15.1. The molecule has 0 spiro atoms. The third kappa shape index (κ3) is 3.85. The molecule has 3 nitrogen and oxygen atoms in total. The first-order valence-corrected chi connectivity index (χ1v) is 8.73. The van der Waals surface area contributed by atoms with E-state index in [0.29, 0.717) is 12.0 Å². The summed E-state index contributed by atoms with van der Waals surface area (Å²) < 4.78 is 10.9. The molecule has 0 bridgehead atoms. The molecule has 1 aliphatic carbocycles. The number of rotatable bonds is 7. The van der Waals surface area contributed by atoms with E-state index in [0.717, 1.165) is 22.1 Å². The van der Waals surface area contributed by atoms with Crippen LogP contribution >= 0.6 is 11.6 Å². The summed E-state index contributed by atoms with van der Waals surface area (Å²) in [6.45, 7) is 2.17. The number of halogens is 1. The number of ether oxygens (including phenoxy) is 2. The SMILES string of the molecule is COc1ccc(OC)c(C(C)NC(c2ccc(Cl)cc2)C2CC2)c1. The van der Waals surface area contributed by atoms with Gasteiger partial charge in [0.25, 0.3) is 0 Å². The van der Waals surface area contributed by atoms with Crippen LogP contribution in [0.1, 0.15) is 43.0 Å². The number of hydrogen-bond donors (Lipinski definition) is 1. The first-order chi connectivity index (χ1) is 11.6. The first kappa shape index (κ1) is 17.1. The summed E-state index contributed by atoms with van der Waals surface area (Å²) in [5.41, 5.74) is 2.40. The van der Waals surface area contributed by atoms with Gasteiger partial charge in [-0.2, -0.15) is 0 Å².